The van der Waals surface area contributed by atoms with Gasteiger partial charge in [-0.1, -0.05) is 18.2 Å². The van der Waals surface area contributed by atoms with Gasteiger partial charge in [0, 0.05) is 20.1 Å². The van der Waals surface area contributed by atoms with E-state index in [-0.39, 0.29) is 6.54 Å². The van der Waals surface area contributed by atoms with E-state index in [1.807, 2.05) is 0 Å². The van der Waals surface area contributed by atoms with Crippen LogP contribution in [0.1, 0.15) is 27.0 Å². The van der Waals surface area contributed by atoms with Crippen molar-refractivity contribution in [2.45, 2.75) is 19.3 Å². The Morgan fingerprint density at radius 3 is 2.24 bits per heavy atom. The van der Waals surface area contributed by atoms with Gasteiger partial charge in [-0.25, -0.2) is 4.79 Å². The summed E-state index contributed by atoms with van der Waals surface area (Å²) in [5.74, 6) is 0.279. The monoisotopic (exact) mass is 409 g/mol. The molecule has 6 nitrogen and oxygen atoms in total. The summed E-state index contributed by atoms with van der Waals surface area (Å²) in [4.78, 5) is 15.9. The van der Waals surface area contributed by atoms with E-state index in [0.29, 0.717) is 29.4 Å². The number of methoxy groups -OCH3 is 2. The van der Waals surface area contributed by atoms with E-state index in [1.54, 1.807) is 31.3 Å². The number of halogens is 3. The largest absolute Gasteiger partial charge is 0.496 e. The SMILES string of the molecule is CN=C(NCc1cccc(C(F)(F)F)c1)NCc1ccc(OC)c(C(=O)OC)c1. The molecular weight excluding hydrogens is 387 g/mol. The number of carbonyl (C=O) groups is 1. The molecule has 2 aromatic carbocycles. The molecule has 0 atom stereocenters. The van der Waals surface area contributed by atoms with Gasteiger partial charge in [0.2, 0.25) is 0 Å². The van der Waals surface area contributed by atoms with Crippen LogP contribution in [0.15, 0.2) is 47.5 Å². The minimum atomic E-state index is -4.39. The maximum Gasteiger partial charge on any atom is 0.416 e. The molecule has 2 aromatic rings. The first kappa shape index (κ1) is 22.1. The molecule has 0 aromatic heterocycles. The van der Waals surface area contributed by atoms with E-state index < -0.39 is 17.7 Å². The van der Waals surface area contributed by atoms with Crippen molar-refractivity contribution in [3.05, 3.63) is 64.7 Å². The number of alkyl halides is 3. The molecule has 0 spiro atoms. The fraction of sp³-hybridized carbons (Fsp3) is 0.300. The summed E-state index contributed by atoms with van der Waals surface area (Å²) in [5, 5.41) is 6.01. The molecule has 0 bridgehead atoms. The Morgan fingerprint density at radius 2 is 1.69 bits per heavy atom. The molecule has 29 heavy (non-hydrogen) atoms. The van der Waals surface area contributed by atoms with Crippen LogP contribution in [0, 0.1) is 0 Å². The lowest BCUT2D eigenvalue weighted by Gasteiger charge is -2.14. The number of guanidine groups is 1. The number of esters is 1. The molecule has 0 fully saturated rings. The van der Waals surface area contributed by atoms with Crippen LogP contribution >= 0.6 is 0 Å². The van der Waals surface area contributed by atoms with Crippen LogP contribution in [0.3, 0.4) is 0 Å². The summed E-state index contributed by atoms with van der Waals surface area (Å²) in [5.41, 5.74) is 0.836. The van der Waals surface area contributed by atoms with Crippen LogP contribution in [0.25, 0.3) is 0 Å². The van der Waals surface area contributed by atoms with E-state index in [4.69, 9.17) is 9.47 Å². The molecule has 0 aliphatic heterocycles. The van der Waals surface area contributed by atoms with Gasteiger partial charge in [0.05, 0.1) is 19.8 Å². The van der Waals surface area contributed by atoms with Crippen molar-refractivity contribution in [3.63, 3.8) is 0 Å². The first-order valence-corrected chi connectivity index (χ1v) is 8.64. The molecule has 0 heterocycles. The predicted molar refractivity (Wildman–Crippen MR) is 103 cm³/mol. The normalized spacial score (nSPS) is 11.7. The molecule has 156 valence electrons. The molecular formula is C20H22F3N3O3. The maximum absolute atomic E-state index is 12.8. The third-order valence-electron chi connectivity index (χ3n) is 4.07. The van der Waals surface area contributed by atoms with E-state index in [0.717, 1.165) is 17.7 Å². The second kappa shape index (κ2) is 9.81. The van der Waals surface area contributed by atoms with Crippen molar-refractivity contribution in [2.24, 2.45) is 4.99 Å². The van der Waals surface area contributed by atoms with Gasteiger partial charge < -0.3 is 20.1 Å². The van der Waals surface area contributed by atoms with Crippen LogP contribution in [0.4, 0.5) is 13.2 Å². The zero-order chi connectivity index (χ0) is 21.4. The maximum atomic E-state index is 12.8. The van der Waals surface area contributed by atoms with Crippen molar-refractivity contribution < 1.29 is 27.4 Å². The van der Waals surface area contributed by atoms with E-state index in [2.05, 4.69) is 15.6 Å². The molecule has 0 aliphatic carbocycles. The lowest BCUT2D eigenvalue weighted by Crippen LogP contribution is -2.36. The molecule has 2 rings (SSSR count). The van der Waals surface area contributed by atoms with Gasteiger partial charge in [0.25, 0.3) is 0 Å². The number of carbonyl (C=O) groups excluding carboxylic acids is 1. The van der Waals surface area contributed by atoms with Crippen LogP contribution in [-0.2, 0) is 24.0 Å². The number of benzene rings is 2. The summed E-state index contributed by atoms with van der Waals surface area (Å²) in [6.07, 6.45) is -4.39. The highest BCUT2D eigenvalue weighted by molar-refractivity contribution is 5.92. The van der Waals surface area contributed by atoms with Crippen LogP contribution in [0.2, 0.25) is 0 Å². The van der Waals surface area contributed by atoms with Gasteiger partial charge in [0.15, 0.2) is 5.96 Å². The lowest BCUT2D eigenvalue weighted by atomic mass is 10.1. The number of hydrogen-bond donors (Lipinski definition) is 2. The second-order valence-corrected chi connectivity index (χ2v) is 6.00. The first-order chi connectivity index (χ1) is 13.8. The summed E-state index contributed by atoms with van der Waals surface area (Å²) >= 11 is 0. The van der Waals surface area contributed by atoms with Crippen LogP contribution in [-0.4, -0.2) is 33.2 Å². The molecule has 0 unspecified atom stereocenters. The molecule has 9 heteroatoms. The Bertz CT molecular complexity index is 883. The van der Waals surface area contributed by atoms with Crippen molar-refractivity contribution in [1.82, 2.24) is 10.6 Å². The van der Waals surface area contributed by atoms with Crippen molar-refractivity contribution in [2.75, 3.05) is 21.3 Å². The van der Waals surface area contributed by atoms with Gasteiger partial charge in [-0.05, 0) is 35.4 Å². The molecule has 2 N–H and O–H groups in total. The van der Waals surface area contributed by atoms with Crippen molar-refractivity contribution in [1.29, 1.82) is 0 Å². The zero-order valence-corrected chi connectivity index (χ0v) is 16.3. The summed E-state index contributed by atoms with van der Waals surface area (Å²) in [7, 11) is 4.29. The molecule has 0 saturated carbocycles. The number of nitrogens with one attached hydrogen (secondary N) is 2. The second-order valence-electron chi connectivity index (χ2n) is 6.00. The highest BCUT2D eigenvalue weighted by atomic mass is 19.4. The Morgan fingerprint density at radius 1 is 1.03 bits per heavy atom. The van der Waals surface area contributed by atoms with Crippen molar-refractivity contribution >= 4 is 11.9 Å². The summed E-state index contributed by atoms with van der Waals surface area (Å²) < 4.78 is 48.3. The topological polar surface area (TPSA) is 72.0 Å². The van der Waals surface area contributed by atoms with Gasteiger partial charge in [-0.3, -0.25) is 4.99 Å². The Kier molecular flexibility index (Phi) is 7.46. The van der Waals surface area contributed by atoms with Crippen molar-refractivity contribution in [3.8, 4) is 5.75 Å². The van der Waals surface area contributed by atoms with Gasteiger partial charge in [0.1, 0.15) is 11.3 Å². The standard InChI is InChI=1S/C20H22F3N3O3/c1-24-19(25-11-13-5-4-6-15(9-13)20(21,22)23)26-12-14-7-8-17(28-2)16(10-14)18(27)29-3/h4-10H,11-12H2,1-3H3,(H2,24,25,26). The number of rotatable bonds is 6. The number of aliphatic imine (C=N–C) groups is 1. The Hall–Kier alpha value is -3.23. The number of hydrogen-bond acceptors (Lipinski definition) is 4. The highest BCUT2D eigenvalue weighted by Crippen LogP contribution is 2.29. The Balaban J connectivity index is 2.00. The highest BCUT2D eigenvalue weighted by Gasteiger charge is 2.30. The average Bonchev–Trinajstić information content (AvgIpc) is 2.72. The fourth-order valence-corrected chi connectivity index (χ4v) is 2.58. The van der Waals surface area contributed by atoms with Gasteiger partial charge in [-0.15, -0.1) is 0 Å². The number of ether oxygens (including phenoxy) is 2. The smallest absolute Gasteiger partial charge is 0.416 e. The van der Waals surface area contributed by atoms with Gasteiger partial charge >= 0.3 is 12.1 Å². The molecule has 0 aliphatic rings. The van der Waals surface area contributed by atoms with E-state index >= 15 is 0 Å². The number of nitrogens with zero attached hydrogens (tertiary/aromatic N) is 1. The zero-order valence-electron chi connectivity index (χ0n) is 16.3. The van der Waals surface area contributed by atoms with Crippen LogP contribution in [0.5, 0.6) is 5.75 Å². The first-order valence-electron chi connectivity index (χ1n) is 8.64. The van der Waals surface area contributed by atoms with E-state index in [1.165, 1.54) is 20.3 Å². The van der Waals surface area contributed by atoms with E-state index in [9.17, 15) is 18.0 Å². The molecule has 0 saturated heterocycles. The molecule has 0 radical (unpaired) electrons. The average molecular weight is 409 g/mol. The third kappa shape index (κ3) is 6.13. The van der Waals surface area contributed by atoms with Crippen LogP contribution < -0.4 is 15.4 Å². The minimum absolute atomic E-state index is 0.166. The minimum Gasteiger partial charge on any atom is -0.496 e. The van der Waals surface area contributed by atoms with Gasteiger partial charge in [-0.2, -0.15) is 13.2 Å². The lowest BCUT2D eigenvalue weighted by molar-refractivity contribution is -0.137. The summed E-state index contributed by atoms with van der Waals surface area (Å²) in [6.45, 7) is 0.496. The quantitative estimate of drug-likeness (QED) is 0.435. The third-order valence-corrected chi connectivity index (χ3v) is 4.07. The summed E-state index contributed by atoms with van der Waals surface area (Å²) in [6, 6.07) is 10.1. The predicted octanol–water partition coefficient (Wildman–Crippen LogP) is 3.37. The Labute approximate surface area is 166 Å². The molecule has 0 amide bonds. The fourth-order valence-electron chi connectivity index (χ4n) is 2.58.